The van der Waals surface area contributed by atoms with Crippen LogP contribution in [0.4, 0.5) is 0 Å². The monoisotopic (exact) mass is 182 g/mol. The fourth-order valence-corrected chi connectivity index (χ4v) is 2.30. The Balaban J connectivity index is 1.86. The van der Waals surface area contributed by atoms with Gasteiger partial charge >= 0.3 is 0 Å². The molecule has 1 aliphatic carbocycles. The van der Waals surface area contributed by atoms with Crippen molar-refractivity contribution in [2.24, 2.45) is 5.92 Å². The normalized spacial score (nSPS) is 29.1. The molecule has 76 valence electrons. The standard InChI is InChI=1S/C11H22N2/c1-9(2)13(8-10-3-4-10)11-5-6-12-7-11/h9-12H,3-8H2,1-2H3. The van der Waals surface area contributed by atoms with Crippen LogP contribution in [0.15, 0.2) is 0 Å². The van der Waals surface area contributed by atoms with Crippen LogP contribution in [0.2, 0.25) is 0 Å². The number of nitrogens with one attached hydrogen (secondary N) is 1. The zero-order valence-corrected chi connectivity index (χ0v) is 8.92. The summed E-state index contributed by atoms with van der Waals surface area (Å²) in [5.74, 6) is 1.03. The first-order valence-corrected chi connectivity index (χ1v) is 5.74. The van der Waals surface area contributed by atoms with E-state index in [-0.39, 0.29) is 0 Å². The van der Waals surface area contributed by atoms with Gasteiger partial charge < -0.3 is 5.32 Å². The van der Waals surface area contributed by atoms with Crippen molar-refractivity contribution >= 4 is 0 Å². The second-order valence-electron chi connectivity index (χ2n) is 4.88. The highest BCUT2D eigenvalue weighted by molar-refractivity contribution is 4.86. The second kappa shape index (κ2) is 3.97. The van der Waals surface area contributed by atoms with Gasteiger partial charge in [-0.15, -0.1) is 0 Å². The molecule has 0 amide bonds. The molecule has 1 N–H and O–H groups in total. The maximum absolute atomic E-state index is 3.46. The molecule has 1 heterocycles. The van der Waals surface area contributed by atoms with E-state index in [1.165, 1.54) is 38.9 Å². The summed E-state index contributed by atoms with van der Waals surface area (Å²) in [6.45, 7) is 8.45. The summed E-state index contributed by atoms with van der Waals surface area (Å²) in [5, 5.41) is 3.46. The SMILES string of the molecule is CC(C)N(CC1CC1)C1CCNC1. The third-order valence-electron chi connectivity index (χ3n) is 3.33. The minimum absolute atomic E-state index is 0.727. The van der Waals surface area contributed by atoms with Crippen molar-refractivity contribution in [3.8, 4) is 0 Å². The van der Waals surface area contributed by atoms with Crippen molar-refractivity contribution in [3.05, 3.63) is 0 Å². The van der Waals surface area contributed by atoms with Crippen LogP contribution < -0.4 is 5.32 Å². The van der Waals surface area contributed by atoms with Crippen LogP contribution in [-0.4, -0.2) is 36.6 Å². The molecule has 2 nitrogen and oxygen atoms in total. The zero-order valence-electron chi connectivity index (χ0n) is 8.92. The van der Waals surface area contributed by atoms with Crippen LogP contribution in [0, 0.1) is 5.92 Å². The predicted molar refractivity (Wildman–Crippen MR) is 55.8 cm³/mol. The summed E-state index contributed by atoms with van der Waals surface area (Å²) >= 11 is 0. The zero-order chi connectivity index (χ0) is 9.26. The van der Waals surface area contributed by atoms with Gasteiger partial charge in [-0.3, -0.25) is 4.90 Å². The molecular formula is C11H22N2. The highest BCUT2D eigenvalue weighted by Gasteiger charge is 2.30. The third-order valence-corrected chi connectivity index (χ3v) is 3.33. The Morgan fingerprint density at radius 2 is 2.08 bits per heavy atom. The van der Waals surface area contributed by atoms with Crippen molar-refractivity contribution in [1.82, 2.24) is 10.2 Å². The van der Waals surface area contributed by atoms with Crippen molar-refractivity contribution < 1.29 is 0 Å². The first kappa shape index (κ1) is 9.47. The quantitative estimate of drug-likeness (QED) is 0.708. The van der Waals surface area contributed by atoms with E-state index >= 15 is 0 Å². The van der Waals surface area contributed by atoms with E-state index in [2.05, 4.69) is 24.1 Å². The van der Waals surface area contributed by atoms with Crippen LogP contribution in [0.3, 0.4) is 0 Å². The number of nitrogens with zero attached hydrogens (tertiary/aromatic N) is 1. The van der Waals surface area contributed by atoms with Gasteiger partial charge in [0, 0.05) is 25.2 Å². The largest absolute Gasteiger partial charge is 0.315 e. The predicted octanol–water partition coefficient (Wildman–Crippen LogP) is 1.47. The molecule has 0 bridgehead atoms. The lowest BCUT2D eigenvalue weighted by atomic mass is 10.1. The molecule has 1 atom stereocenters. The molecular weight excluding hydrogens is 160 g/mol. The van der Waals surface area contributed by atoms with Crippen molar-refractivity contribution in [2.45, 2.75) is 45.2 Å². The molecule has 1 saturated heterocycles. The first-order chi connectivity index (χ1) is 6.27. The van der Waals surface area contributed by atoms with Gasteiger partial charge in [-0.1, -0.05) is 0 Å². The average Bonchev–Trinajstić information content (AvgIpc) is 2.75. The highest BCUT2D eigenvalue weighted by atomic mass is 15.2. The smallest absolute Gasteiger partial charge is 0.0235 e. The molecule has 1 aliphatic heterocycles. The van der Waals surface area contributed by atoms with Gasteiger partial charge in [0.15, 0.2) is 0 Å². The van der Waals surface area contributed by atoms with Crippen LogP contribution in [0.5, 0.6) is 0 Å². The van der Waals surface area contributed by atoms with E-state index < -0.39 is 0 Å². The topological polar surface area (TPSA) is 15.3 Å². The molecule has 2 heteroatoms. The number of rotatable bonds is 4. The van der Waals surface area contributed by atoms with Gasteiger partial charge in [-0.2, -0.15) is 0 Å². The summed E-state index contributed by atoms with van der Waals surface area (Å²) in [4.78, 5) is 2.71. The fraction of sp³-hybridized carbons (Fsp3) is 1.00. The van der Waals surface area contributed by atoms with Gasteiger partial charge in [0.05, 0.1) is 0 Å². The van der Waals surface area contributed by atoms with E-state index in [1.807, 2.05) is 0 Å². The van der Waals surface area contributed by atoms with Crippen LogP contribution >= 0.6 is 0 Å². The Kier molecular flexibility index (Phi) is 2.89. The summed E-state index contributed by atoms with van der Waals surface area (Å²) in [6.07, 6.45) is 4.30. The van der Waals surface area contributed by atoms with E-state index in [9.17, 15) is 0 Å². The van der Waals surface area contributed by atoms with Crippen molar-refractivity contribution in [3.63, 3.8) is 0 Å². The Morgan fingerprint density at radius 3 is 2.54 bits per heavy atom. The van der Waals surface area contributed by atoms with E-state index in [0.717, 1.165) is 18.0 Å². The minimum atomic E-state index is 0.727. The maximum Gasteiger partial charge on any atom is 0.0235 e. The third kappa shape index (κ3) is 2.44. The summed E-state index contributed by atoms with van der Waals surface area (Å²) in [5.41, 5.74) is 0. The lowest BCUT2D eigenvalue weighted by molar-refractivity contribution is 0.156. The maximum atomic E-state index is 3.46. The molecule has 2 fully saturated rings. The molecule has 0 aromatic carbocycles. The lowest BCUT2D eigenvalue weighted by Gasteiger charge is -2.32. The summed E-state index contributed by atoms with van der Waals surface area (Å²) in [6, 6.07) is 1.55. The minimum Gasteiger partial charge on any atom is -0.315 e. The first-order valence-electron chi connectivity index (χ1n) is 5.74. The average molecular weight is 182 g/mol. The van der Waals surface area contributed by atoms with Crippen LogP contribution in [0.25, 0.3) is 0 Å². The van der Waals surface area contributed by atoms with E-state index in [4.69, 9.17) is 0 Å². The molecule has 1 unspecified atom stereocenters. The Bertz CT molecular complexity index is 157. The Hall–Kier alpha value is -0.0800. The number of hydrogen-bond donors (Lipinski definition) is 1. The molecule has 2 rings (SSSR count). The molecule has 13 heavy (non-hydrogen) atoms. The molecule has 0 spiro atoms. The van der Waals surface area contributed by atoms with E-state index in [1.54, 1.807) is 0 Å². The van der Waals surface area contributed by atoms with Gasteiger partial charge in [0.25, 0.3) is 0 Å². The van der Waals surface area contributed by atoms with Gasteiger partial charge in [0.1, 0.15) is 0 Å². The van der Waals surface area contributed by atoms with Gasteiger partial charge in [-0.05, 0) is 45.6 Å². The molecule has 0 aromatic heterocycles. The molecule has 1 saturated carbocycles. The number of hydrogen-bond acceptors (Lipinski definition) is 2. The van der Waals surface area contributed by atoms with Crippen LogP contribution in [-0.2, 0) is 0 Å². The fourth-order valence-electron chi connectivity index (χ4n) is 2.30. The van der Waals surface area contributed by atoms with Crippen molar-refractivity contribution in [1.29, 1.82) is 0 Å². The Labute approximate surface area is 81.7 Å². The molecule has 2 aliphatic rings. The van der Waals surface area contributed by atoms with Crippen molar-refractivity contribution in [2.75, 3.05) is 19.6 Å². The highest BCUT2D eigenvalue weighted by Crippen LogP contribution is 2.31. The lowest BCUT2D eigenvalue weighted by Crippen LogP contribution is -2.42. The second-order valence-corrected chi connectivity index (χ2v) is 4.88. The van der Waals surface area contributed by atoms with E-state index in [0.29, 0.717) is 0 Å². The summed E-state index contributed by atoms with van der Waals surface area (Å²) < 4.78 is 0. The molecule has 0 aromatic rings. The van der Waals surface area contributed by atoms with Gasteiger partial charge in [0.2, 0.25) is 0 Å². The van der Waals surface area contributed by atoms with Crippen LogP contribution in [0.1, 0.15) is 33.1 Å². The van der Waals surface area contributed by atoms with Gasteiger partial charge in [-0.25, -0.2) is 0 Å². The Morgan fingerprint density at radius 1 is 1.31 bits per heavy atom. The summed E-state index contributed by atoms with van der Waals surface area (Å²) in [7, 11) is 0. The molecule has 0 radical (unpaired) electrons.